The Morgan fingerprint density at radius 1 is 1.28 bits per heavy atom. The van der Waals surface area contributed by atoms with Crippen LogP contribution in [0.25, 0.3) is 10.9 Å². The summed E-state index contributed by atoms with van der Waals surface area (Å²) >= 11 is 0. The monoisotopic (exact) mass is 344 g/mol. The number of hydrogen-bond acceptors (Lipinski definition) is 4. The molecule has 3 rings (SSSR count). The topological polar surface area (TPSA) is 75.5 Å². The molecule has 0 unspecified atom stereocenters. The van der Waals surface area contributed by atoms with Gasteiger partial charge in [0.05, 0.1) is 13.7 Å². The Morgan fingerprint density at radius 2 is 2.04 bits per heavy atom. The molecule has 1 aromatic carbocycles. The number of esters is 1. The van der Waals surface area contributed by atoms with E-state index in [1.54, 1.807) is 32.2 Å². The number of hydrogen-bond donors (Lipinski definition) is 1. The summed E-state index contributed by atoms with van der Waals surface area (Å²) in [5.41, 5.74) is 1.36. The first-order valence-corrected chi connectivity index (χ1v) is 7.60. The summed E-state index contributed by atoms with van der Waals surface area (Å²) in [7, 11) is 2.91. The molecule has 6 nitrogen and oxygen atoms in total. The maximum atomic E-state index is 13.3. The van der Waals surface area contributed by atoms with Crippen molar-refractivity contribution in [3.8, 4) is 0 Å². The van der Waals surface area contributed by atoms with E-state index < -0.39 is 5.97 Å². The number of carbonyl (C=O) groups is 2. The van der Waals surface area contributed by atoms with Crippen molar-refractivity contribution in [3.05, 3.63) is 58.9 Å². The number of amides is 1. The van der Waals surface area contributed by atoms with Crippen LogP contribution in [-0.2, 0) is 11.3 Å². The number of halogens is 1. The molecular formula is C18H17FN2O4. The van der Waals surface area contributed by atoms with E-state index in [0.717, 1.165) is 0 Å². The number of H-pyrrole nitrogens is 1. The molecule has 7 heteroatoms. The number of aromatic nitrogens is 1. The third kappa shape index (κ3) is 3.26. The number of aryl methyl sites for hydroxylation is 1. The lowest BCUT2D eigenvalue weighted by atomic mass is 10.2. The molecule has 1 N–H and O–H groups in total. The summed E-state index contributed by atoms with van der Waals surface area (Å²) in [6.45, 7) is 1.84. The van der Waals surface area contributed by atoms with Gasteiger partial charge < -0.3 is 19.0 Å². The zero-order chi connectivity index (χ0) is 18.1. The van der Waals surface area contributed by atoms with Crippen LogP contribution in [0.1, 0.15) is 32.4 Å². The molecule has 0 saturated heterocycles. The second kappa shape index (κ2) is 6.43. The molecule has 25 heavy (non-hydrogen) atoms. The van der Waals surface area contributed by atoms with Gasteiger partial charge in [-0.05, 0) is 37.3 Å². The van der Waals surface area contributed by atoms with Gasteiger partial charge in [-0.3, -0.25) is 4.79 Å². The summed E-state index contributed by atoms with van der Waals surface area (Å²) in [6, 6.07) is 7.44. The van der Waals surface area contributed by atoms with Crippen LogP contribution in [0.4, 0.5) is 4.39 Å². The molecule has 1 amide bonds. The molecule has 2 aromatic heterocycles. The van der Waals surface area contributed by atoms with E-state index in [1.807, 2.05) is 0 Å². The fourth-order valence-corrected chi connectivity index (χ4v) is 2.66. The number of nitrogens with zero attached hydrogens (tertiary/aromatic N) is 1. The normalized spacial score (nSPS) is 10.9. The second-order valence-corrected chi connectivity index (χ2v) is 5.75. The lowest BCUT2D eigenvalue weighted by Gasteiger charge is -2.14. The first-order valence-electron chi connectivity index (χ1n) is 7.60. The highest BCUT2D eigenvalue weighted by Crippen LogP contribution is 2.20. The molecule has 3 aromatic rings. The third-order valence-corrected chi connectivity index (χ3v) is 3.93. The number of rotatable bonds is 4. The maximum Gasteiger partial charge on any atom is 0.341 e. The quantitative estimate of drug-likeness (QED) is 0.737. The van der Waals surface area contributed by atoms with Gasteiger partial charge in [-0.2, -0.15) is 0 Å². The van der Waals surface area contributed by atoms with Gasteiger partial charge in [0, 0.05) is 18.0 Å². The van der Waals surface area contributed by atoms with Gasteiger partial charge in [0.2, 0.25) is 0 Å². The van der Waals surface area contributed by atoms with Gasteiger partial charge in [-0.15, -0.1) is 0 Å². The molecule has 0 bridgehead atoms. The molecule has 0 aliphatic heterocycles. The number of fused-ring (bicyclic) bond motifs is 1. The molecule has 0 aliphatic rings. The zero-order valence-corrected chi connectivity index (χ0v) is 14.1. The molecule has 0 spiro atoms. The van der Waals surface area contributed by atoms with Gasteiger partial charge >= 0.3 is 5.97 Å². The molecule has 2 heterocycles. The Bertz CT molecular complexity index is 957. The van der Waals surface area contributed by atoms with Gasteiger partial charge in [-0.25, -0.2) is 9.18 Å². The number of benzene rings is 1. The fourth-order valence-electron chi connectivity index (χ4n) is 2.66. The predicted molar refractivity (Wildman–Crippen MR) is 88.8 cm³/mol. The summed E-state index contributed by atoms with van der Waals surface area (Å²) in [4.78, 5) is 28.6. The number of furan rings is 1. The van der Waals surface area contributed by atoms with E-state index >= 15 is 0 Å². The summed E-state index contributed by atoms with van der Waals surface area (Å²) < 4.78 is 23.5. The van der Waals surface area contributed by atoms with Crippen LogP contribution >= 0.6 is 0 Å². The number of aromatic amines is 1. The predicted octanol–water partition coefficient (Wildman–Crippen LogP) is 3.27. The Balaban J connectivity index is 1.79. The standard InChI is InChI=1S/C18H17FN2O4/c1-10-14(18(23)24-3)8-13(25-10)9-21(2)17(22)16-7-11-6-12(19)4-5-15(11)20-16/h4-8,20H,9H2,1-3H3. The molecule has 130 valence electrons. The van der Waals surface area contributed by atoms with E-state index in [1.165, 1.54) is 24.1 Å². The highest BCUT2D eigenvalue weighted by Gasteiger charge is 2.19. The van der Waals surface area contributed by atoms with Gasteiger partial charge in [0.25, 0.3) is 5.91 Å². The van der Waals surface area contributed by atoms with Gasteiger partial charge in [0.15, 0.2) is 0 Å². The lowest BCUT2D eigenvalue weighted by Crippen LogP contribution is -2.26. The van der Waals surface area contributed by atoms with Crippen LogP contribution in [0, 0.1) is 12.7 Å². The van der Waals surface area contributed by atoms with E-state index in [4.69, 9.17) is 4.42 Å². The lowest BCUT2D eigenvalue weighted by molar-refractivity contribution is 0.0598. The number of methoxy groups -OCH3 is 1. The fraction of sp³-hybridized carbons (Fsp3) is 0.222. The molecule has 0 atom stereocenters. The Kier molecular flexibility index (Phi) is 4.31. The molecule has 0 saturated carbocycles. The number of carbonyl (C=O) groups excluding carboxylic acids is 2. The van der Waals surface area contributed by atoms with Crippen LogP contribution in [0.5, 0.6) is 0 Å². The highest BCUT2D eigenvalue weighted by molar-refractivity contribution is 5.98. The summed E-state index contributed by atoms with van der Waals surface area (Å²) in [6.07, 6.45) is 0. The van der Waals surface area contributed by atoms with E-state index in [2.05, 4.69) is 9.72 Å². The molecular weight excluding hydrogens is 327 g/mol. The Labute approximate surface area is 143 Å². The van der Waals surface area contributed by atoms with E-state index in [-0.39, 0.29) is 18.3 Å². The minimum atomic E-state index is -0.487. The largest absolute Gasteiger partial charge is 0.465 e. The van der Waals surface area contributed by atoms with Crippen molar-refractivity contribution in [3.63, 3.8) is 0 Å². The summed E-state index contributed by atoms with van der Waals surface area (Å²) in [5.74, 6) is -0.218. The Morgan fingerprint density at radius 3 is 2.76 bits per heavy atom. The average molecular weight is 344 g/mol. The van der Waals surface area contributed by atoms with Crippen LogP contribution in [-0.4, -0.2) is 35.9 Å². The van der Waals surface area contributed by atoms with E-state index in [0.29, 0.717) is 33.7 Å². The third-order valence-electron chi connectivity index (χ3n) is 3.93. The first kappa shape index (κ1) is 16.8. The van der Waals surface area contributed by atoms with Crippen LogP contribution in [0.15, 0.2) is 34.7 Å². The minimum absolute atomic E-state index is 0.181. The molecule has 0 fully saturated rings. The maximum absolute atomic E-state index is 13.3. The van der Waals surface area contributed by atoms with E-state index in [9.17, 15) is 14.0 Å². The smallest absolute Gasteiger partial charge is 0.341 e. The van der Waals surface area contributed by atoms with Gasteiger partial charge in [0.1, 0.15) is 28.6 Å². The number of ether oxygens (including phenoxy) is 1. The summed E-state index contributed by atoms with van der Waals surface area (Å²) in [5, 5.41) is 0.624. The highest BCUT2D eigenvalue weighted by atomic mass is 19.1. The van der Waals surface area contributed by atoms with Gasteiger partial charge in [-0.1, -0.05) is 0 Å². The molecule has 0 radical (unpaired) electrons. The Hall–Kier alpha value is -3.09. The van der Waals surface area contributed by atoms with Crippen molar-refractivity contribution in [2.75, 3.05) is 14.2 Å². The first-order chi connectivity index (χ1) is 11.9. The van der Waals surface area contributed by atoms with Crippen molar-refractivity contribution in [1.29, 1.82) is 0 Å². The van der Waals surface area contributed by atoms with Crippen molar-refractivity contribution in [1.82, 2.24) is 9.88 Å². The van der Waals surface area contributed by atoms with Crippen molar-refractivity contribution in [2.24, 2.45) is 0 Å². The zero-order valence-electron chi connectivity index (χ0n) is 14.1. The molecule has 0 aliphatic carbocycles. The van der Waals surface area contributed by atoms with Crippen molar-refractivity contribution in [2.45, 2.75) is 13.5 Å². The SMILES string of the molecule is COC(=O)c1cc(CN(C)C(=O)c2cc3cc(F)ccc3[nH]2)oc1C. The van der Waals surface area contributed by atoms with Crippen molar-refractivity contribution >= 4 is 22.8 Å². The second-order valence-electron chi connectivity index (χ2n) is 5.75. The van der Waals surface area contributed by atoms with Crippen molar-refractivity contribution < 1.29 is 23.1 Å². The minimum Gasteiger partial charge on any atom is -0.465 e. The van der Waals surface area contributed by atoms with Crippen LogP contribution in [0.2, 0.25) is 0 Å². The van der Waals surface area contributed by atoms with Crippen LogP contribution < -0.4 is 0 Å². The van der Waals surface area contributed by atoms with Crippen LogP contribution in [0.3, 0.4) is 0 Å². The average Bonchev–Trinajstić information content (AvgIpc) is 3.16. The number of nitrogens with one attached hydrogen (secondary N) is 1.